The van der Waals surface area contributed by atoms with Gasteiger partial charge in [-0.15, -0.1) is 0 Å². The predicted octanol–water partition coefficient (Wildman–Crippen LogP) is 1.25. The first-order chi connectivity index (χ1) is 7.54. The van der Waals surface area contributed by atoms with Crippen molar-refractivity contribution in [3.05, 3.63) is 23.9 Å². The monoisotopic (exact) mass is 219 g/mol. The number of anilines is 1. The molecule has 5 heteroatoms. The van der Waals surface area contributed by atoms with Gasteiger partial charge in [-0.3, -0.25) is 4.79 Å². The third-order valence-corrected chi connectivity index (χ3v) is 2.07. The van der Waals surface area contributed by atoms with E-state index in [1.54, 1.807) is 23.1 Å². The predicted molar refractivity (Wildman–Crippen MR) is 59.1 cm³/mol. The zero-order valence-corrected chi connectivity index (χ0v) is 9.21. The number of carboxylic acid groups (broad SMARTS) is 1. The Morgan fingerprint density at radius 1 is 1.62 bits per heavy atom. The van der Waals surface area contributed by atoms with E-state index in [-0.39, 0.29) is 18.3 Å². The Kier molecular flexibility index (Phi) is 3.84. The van der Waals surface area contributed by atoms with E-state index in [2.05, 4.69) is 4.98 Å². The first-order valence-electron chi connectivity index (χ1n) is 4.90. The number of rotatable bonds is 4. The van der Waals surface area contributed by atoms with Crippen molar-refractivity contribution in [1.29, 1.82) is 5.26 Å². The molecule has 5 nitrogen and oxygen atoms in total. The Bertz CT molecular complexity index is 423. The highest BCUT2D eigenvalue weighted by atomic mass is 16.4. The number of nitrogens with zero attached hydrogens (tertiary/aromatic N) is 3. The highest BCUT2D eigenvalue weighted by Gasteiger charge is 2.15. The summed E-state index contributed by atoms with van der Waals surface area (Å²) in [7, 11) is 0. The van der Waals surface area contributed by atoms with Gasteiger partial charge in [0.05, 0.1) is 0 Å². The van der Waals surface area contributed by atoms with E-state index in [4.69, 9.17) is 10.4 Å². The number of carbonyl (C=O) groups is 1. The molecule has 0 radical (unpaired) electrons. The van der Waals surface area contributed by atoms with Crippen LogP contribution in [0.25, 0.3) is 0 Å². The lowest BCUT2D eigenvalue weighted by Gasteiger charge is -2.25. The number of aromatic nitrogens is 1. The fourth-order valence-corrected chi connectivity index (χ4v) is 1.32. The molecule has 0 spiro atoms. The second kappa shape index (κ2) is 5.12. The van der Waals surface area contributed by atoms with E-state index in [1.807, 2.05) is 19.9 Å². The maximum absolute atomic E-state index is 10.7. The molecule has 0 saturated carbocycles. The summed E-state index contributed by atoms with van der Waals surface area (Å²) in [6.45, 7) is 3.63. The number of nitriles is 1. The summed E-state index contributed by atoms with van der Waals surface area (Å²) < 4.78 is 0. The van der Waals surface area contributed by atoms with Gasteiger partial charge in [-0.1, -0.05) is 6.07 Å². The molecule has 84 valence electrons. The van der Waals surface area contributed by atoms with Crippen molar-refractivity contribution in [3.63, 3.8) is 0 Å². The highest BCUT2D eigenvalue weighted by Crippen LogP contribution is 2.14. The van der Waals surface area contributed by atoms with Gasteiger partial charge in [0.25, 0.3) is 0 Å². The van der Waals surface area contributed by atoms with Crippen LogP contribution in [0.3, 0.4) is 0 Å². The summed E-state index contributed by atoms with van der Waals surface area (Å²) in [6.07, 6.45) is 0. The molecule has 0 aliphatic rings. The number of aliphatic carboxylic acids is 1. The SMILES string of the molecule is CC(C)N(CC(=O)O)c1cccc(C#N)n1. The molecular formula is C11H13N3O2. The number of carboxylic acids is 1. The van der Waals surface area contributed by atoms with Crippen molar-refractivity contribution < 1.29 is 9.90 Å². The molecule has 1 aromatic heterocycles. The summed E-state index contributed by atoms with van der Waals surface area (Å²) >= 11 is 0. The van der Waals surface area contributed by atoms with E-state index < -0.39 is 5.97 Å². The number of pyridine rings is 1. The van der Waals surface area contributed by atoms with Gasteiger partial charge < -0.3 is 10.0 Å². The molecule has 0 amide bonds. The van der Waals surface area contributed by atoms with Crippen LogP contribution < -0.4 is 4.90 Å². The third-order valence-electron chi connectivity index (χ3n) is 2.07. The van der Waals surface area contributed by atoms with Gasteiger partial charge in [0.15, 0.2) is 0 Å². The minimum absolute atomic E-state index is 0.0116. The van der Waals surface area contributed by atoms with E-state index in [0.717, 1.165) is 0 Å². The molecular weight excluding hydrogens is 206 g/mol. The van der Waals surface area contributed by atoms with Crippen molar-refractivity contribution in [3.8, 4) is 6.07 Å². The molecule has 1 aromatic rings. The third kappa shape index (κ3) is 2.95. The van der Waals surface area contributed by atoms with E-state index >= 15 is 0 Å². The van der Waals surface area contributed by atoms with Crippen LogP contribution in [0.5, 0.6) is 0 Å². The summed E-state index contributed by atoms with van der Waals surface area (Å²) in [6, 6.07) is 6.92. The van der Waals surface area contributed by atoms with Gasteiger partial charge in [-0.05, 0) is 26.0 Å². The maximum Gasteiger partial charge on any atom is 0.323 e. The first kappa shape index (κ1) is 12.0. The molecule has 0 atom stereocenters. The van der Waals surface area contributed by atoms with Gasteiger partial charge >= 0.3 is 5.97 Å². The summed E-state index contributed by atoms with van der Waals surface area (Å²) in [5, 5.41) is 17.5. The Hall–Kier alpha value is -2.09. The average molecular weight is 219 g/mol. The van der Waals surface area contributed by atoms with Gasteiger partial charge in [-0.25, -0.2) is 4.98 Å². The van der Waals surface area contributed by atoms with Gasteiger partial charge in [-0.2, -0.15) is 5.26 Å². The molecule has 0 aliphatic heterocycles. The minimum Gasteiger partial charge on any atom is -0.480 e. The van der Waals surface area contributed by atoms with Crippen LogP contribution in [0.4, 0.5) is 5.82 Å². The van der Waals surface area contributed by atoms with Crippen LogP contribution in [-0.2, 0) is 4.79 Å². The van der Waals surface area contributed by atoms with Crippen LogP contribution in [0.2, 0.25) is 0 Å². The Morgan fingerprint density at radius 3 is 2.81 bits per heavy atom. The van der Waals surface area contributed by atoms with Gasteiger partial charge in [0, 0.05) is 6.04 Å². The van der Waals surface area contributed by atoms with Crippen LogP contribution in [0.1, 0.15) is 19.5 Å². The smallest absolute Gasteiger partial charge is 0.323 e. The second-order valence-corrected chi connectivity index (χ2v) is 3.61. The molecule has 0 fully saturated rings. The van der Waals surface area contributed by atoms with Crippen LogP contribution in [-0.4, -0.2) is 28.6 Å². The number of hydrogen-bond donors (Lipinski definition) is 1. The summed E-state index contributed by atoms with van der Waals surface area (Å²) in [4.78, 5) is 16.4. The fraction of sp³-hybridized carbons (Fsp3) is 0.364. The Balaban J connectivity index is 3.01. The molecule has 0 bridgehead atoms. The quantitative estimate of drug-likeness (QED) is 0.824. The van der Waals surface area contributed by atoms with Crippen LogP contribution >= 0.6 is 0 Å². The molecule has 0 aliphatic carbocycles. The summed E-state index contributed by atoms with van der Waals surface area (Å²) in [5.41, 5.74) is 0.286. The van der Waals surface area contributed by atoms with Crippen molar-refractivity contribution in [2.45, 2.75) is 19.9 Å². The Labute approximate surface area is 93.9 Å². The molecule has 0 aromatic carbocycles. The molecule has 1 N–H and O–H groups in total. The van der Waals surface area contributed by atoms with E-state index in [0.29, 0.717) is 5.82 Å². The molecule has 1 rings (SSSR count). The van der Waals surface area contributed by atoms with Crippen LogP contribution in [0, 0.1) is 11.3 Å². The van der Waals surface area contributed by atoms with E-state index in [1.165, 1.54) is 0 Å². The van der Waals surface area contributed by atoms with Gasteiger partial charge in [0.1, 0.15) is 24.1 Å². The zero-order chi connectivity index (χ0) is 12.1. The summed E-state index contributed by atoms with van der Waals surface area (Å²) in [5.74, 6) is -0.408. The lowest BCUT2D eigenvalue weighted by atomic mass is 10.3. The van der Waals surface area contributed by atoms with Crippen molar-refractivity contribution in [1.82, 2.24) is 4.98 Å². The topological polar surface area (TPSA) is 77.2 Å². The van der Waals surface area contributed by atoms with Crippen molar-refractivity contribution in [2.24, 2.45) is 0 Å². The lowest BCUT2D eigenvalue weighted by molar-refractivity contribution is -0.135. The van der Waals surface area contributed by atoms with Crippen molar-refractivity contribution in [2.75, 3.05) is 11.4 Å². The van der Waals surface area contributed by atoms with Crippen molar-refractivity contribution >= 4 is 11.8 Å². The molecule has 1 heterocycles. The minimum atomic E-state index is -0.919. The normalized spacial score (nSPS) is 9.88. The average Bonchev–Trinajstić information content (AvgIpc) is 2.25. The number of hydrogen-bond acceptors (Lipinski definition) is 4. The van der Waals surface area contributed by atoms with Crippen LogP contribution in [0.15, 0.2) is 18.2 Å². The standard InChI is InChI=1S/C11H13N3O2/c1-8(2)14(7-11(15)16)10-5-3-4-9(6-12)13-10/h3-5,8H,7H2,1-2H3,(H,15,16). The largest absolute Gasteiger partial charge is 0.480 e. The second-order valence-electron chi connectivity index (χ2n) is 3.61. The Morgan fingerprint density at radius 2 is 2.31 bits per heavy atom. The van der Waals surface area contributed by atoms with E-state index in [9.17, 15) is 4.79 Å². The first-order valence-corrected chi connectivity index (χ1v) is 4.90. The maximum atomic E-state index is 10.7. The lowest BCUT2D eigenvalue weighted by Crippen LogP contribution is -2.36. The fourth-order valence-electron chi connectivity index (χ4n) is 1.32. The molecule has 16 heavy (non-hydrogen) atoms. The molecule has 0 saturated heterocycles. The highest BCUT2D eigenvalue weighted by molar-refractivity contribution is 5.73. The zero-order valence-electron chi connectivity index (χ0n) is 9.21. The molecule has 0 unspecified atom stereocenters. The van der Waals surface area contributed by atoms with Gasteiger partial charge in [0.2, 0.25) is 0 Å².